The molecule has 2 rings (SSSR count). The fourth-order valence-electron chi connectivity index (χ4n) is 1.85. The molecule has 0 aliphatic carbocycles. The van der Waals surface area contributed by atoms with Crippen LogP contribution in [0.4, 0.5) is 4.39 Å². The molecule has 0 saturated heterocycles. The van der Waals surface area contributed by atoms with Crippen LogP contribution in [0.3, 0.4) is 0 Å². The van der Waals surface area contributed by atoms with Gasteiger partial charge < -0.3 is 14.8 Å². The lowest BCUT2D eigenvalue weighted by Crippen LogP contribution is -2.22. The molecule has 5 heteroatoms. The van der Waals surface area contributed by atoms with E-state index in [1.165, 1.54) is 24.3 Å². The predicted octanol–water partition coefficient (Wildman–Crippen LogP) is 2.77. The minimum absolute atomic E-state index is 0.267. The monoisotopic (exact) mass is 289 g/mol. The molecule has 1 N–H and O–H groups in total. The second-order valence-corrected chi connectivity index (χ2v) is 4.41. The molecule has 0 spiro atoms. The van der Waals surface area contributed by atoms with Gasteiger partial charge in [-0.3, -0.25) is 4.79 Å². The maximum absolute atomic E-state index is 12.8. The van der Waals surface area contributed by atoms with E-state index >= 15 is 0 Å². The highest BCUT2D eigenvalue weighted by Gasteiger charge is 2.07. The SMILES string of the molecule is COc1cc(CNC(=O)c2ccc(F)cc2)cc(OC)c1. The van der Waals surface area contributed by atoms with Gasteiger partial charge in [-0.2, -0.15) is 0 Å². The molecular formula is C16H16FNO3. The minimum atomic E-state index is -0.371. The van der Waals surface area contributed by atoms with Gasteiger partial charge in [0.2, 0.25) is 0 Å². The average Bonchev–Trinajstić information content (AvgIpc) is 2.52. The number of halogens is 1. The first kappa shape index (κ1) is 14.8. The number of hydrogen-bond donors (Lipinski definition) is 1. The summed E-state index contributed by atoms with van der Waals surface area (Å²) in [7, 11) is 3.13. The molecule has 2 aromatic carbocycles. The highest BCUT2D eigenvalue weighted by atomic mass is 19.1. The van der Waals surface area contributed by atoms with Gasteiger partial charge in [0, 0.05) is 18.2 Å². The number of carbonyl (C=O) groups excluding carboxylic acids is 1. The molecule has 0 fully saturated rings. The fraction of sp³-hybridized carbons (Fsp3) is 0.188. The van der Waals surface area contributed by atoms with Crippen LogP contribution in [0.25, 0.3) is 0 Å². The first-order valence-corrected chi connectivity index (χ1v) is 6.38. The van der Waals surface area contributed by atoms with Gasteiger partial charge in [0.1, 0.15) is 17.3 Å². The molecule has 21 heavy (non-hydrogen) atoms. The van der Waals surface area contributed by atoms with Gasteiger partial charge in [0.25, 0.3) is 5.91 Å². The Morgan fingerprint density at radius 1 is 1.05 bits per heavy atom. The van der Waals surface area contributed by atoms with Crippen molar-refractivity contribution in [3.8, 4) is 11.5 Å². The summed E-state index contributed by atoms with van der Waals surface area (Å²) in [6, 6.07) is 10.8. The first-order valence-electron chi connectivity index (χ1n) is 6.38. The van der Waals surface area contributed by atoms with E-state index in [1.54, 1.807) is 20.3 Å². The third kappa shape index (κ3) is 3.95. The van der Waals surface area contributed by atoms with E-state index in [2.05, 4.69) is 5.32 Å². The van der Waals surface area contributed by atoms with E-state index in [0.29, 0.717) is 23.6 Å². The van der Waals surface area contributed by atoms with Crippen LogP contribution in [0, 0.1) is 5.82 Å². The molecule has 0 atom stereocenters. The Morgan fingerprint density at radius 3 is 2.14 bits per heavy atom. The molecular weight excluding hydrogens is 273 g/mol. The zero-order valence-electron chi connectivity index (χ0n) is 11.9. The van der Waals surface area contributed by atoms with Crippen LogP contribution in [-0.4, -0.2) is 20.1 Å². The Hall–Kier alpha value is -2.56. The van der Waals surface area contributed by atoms with Crippen molar-refractivity contribution in [2.45, 2.75) is 6.54 Å². The fourth-order valence-corrected chi connectivity index (χ4v) is 1.85. The second-order valence-electron chi connectivity index (χ2n) is 4.41. The summed E-state index contributed by atoms with van der Waals surface area (Å²) in [6.07, 6.45) is 0. The number of methoxy groups -OCH3 is 2. The zero-order chi connectivity index (χ0) is 15.2. The molecule has 2 aromatic rings. The van der Waals surface area contributed by atoms with Crippen LogP contribution >= 0.6 is 0 Å². The number of rotatable bonds is 5. The number of hydrogen-bond acceptors (Lipinski definition) is 3. The molecule has 0 unspecified atom stereocenters. The Balaban J connectivity index is 2.05. The molecule has 0 saturated carbocycles. The summed E-state index contributed by atoms with van der Waals surface area (Å²) in [5.74, 6) is 0.668. The van der Waals surface area contributed by atoms with E-state index in [9.17, 15) is 9.18 Å². The van der Waals surface area contributed by atoms with Crippen molar-refractivity contribution in [3.05, 3.63) is 59.4 Å². The third-order valence-corrected chi connectivity index (χ3v) is 2.97. The molecule has 0 radical (unpaired) electrons. The maximum Gasteiger partial charge on any atom is 0.251 e. The molecule has 0 bridgehead atoms. The van der Waals surface area contributed by atoms with Gasteiger partial charge in [-0.15, -0.1) is 0 Å². The highest BCUT2D eigenvalue weighted by molar-refractivity contribution is 5.94. The molecule has 0 aliphatic rings. The van der Waals surface area contributed by atoms with Gasteiger partial charge in [0.15, 0.2) is 0 Å². The van der Waals surface area contributed by atoms with Crippen LogP contribution in [0.2, 0.25) is 0 Å². The Labute approximate surface area is 122 Å². The van der Waals surface area contributed by atoms with E-state index in [1.807, 2.05) is 12.1 Å². The van der Waals surface area contributed by atoms with Crippen LogP contribution in [0.5, 0.6) is 11.5 Å². The van der Waals surface area contributed by atoms with Crippen LogP contribution < -0.4 is 14.8 Å². The third-order valence-electron chi connectivity index (χ3n) is 2.97. The minimum Gasteiger partial charge on any atom is -0.497 e. The van der Waals surface area contributed by atoms with Crippen molar-refractivity contribution in [2.75, 3.05) is 14.2 Å². The first-order chi connectivity index (χ1) is 10.1. The number of ether oxygens (including phenoxy) is 2. The van der Waals surface area contributed by atoms with Crippen molar-refractivity contribution < 1.29 is 18.7 Å². The lowest BCUT2D eigenvalue weighted by molar-refractivity contribution is 0.0951. The van der Waals surface area contributed by atoms with Crippen molar-refractivity contribution >= 4 is 5.91 Å². The number of carbonyl (C=O) groups is 1. The summed E-state index contributed by atoms with van der Waals surface area (Å²) >= 11 is 0. The highest BCUT2D eigenvalue weighted by Crippen LogP contribution is 2.22. The van der Waals surface area contributed by atoms with Crippen LogP contribution in [0.1, 0.15) is 15.9 Å². The summed E-state index contributed by atoms with van der Waals surface area (Å²) < 4.78 is 23.1. The van der Waals surface area contributed by atoms with Crippen molar-refractivity contribution in [2.24, 2.45) is 0 Å². The zero-order valence-corrected chi connectivity index (χ0v) is 11.9. The van der Waals surface area contributed by atoms with Gasteiger partial charge >= 0.3 is 0 Å². The average molecular weight is 289 g/mol. The standard InChI is InChI=1S/C16H16FNO3/c1-20-14-7-11(8-15(9-14)21-2)10-18-16(19)12-3-5-13(17)6-4-12/h3-9H,10H2,1-2H3,(H,18,19). The molecule has 0 aliphatic heterocycles. The maximum atomic E-state index is 12.8. The molecule has 1 amide bonds. The Bertz CT molecular complexity index is 604. The summed E-state index contributed by atoms with van der Waals surface area (Å²) in [5.41, 5.74) is 1.26. The normalized spacial score (nSPS) is 10.0. The van der Waals surface area contributed by atoms with Gasteiger partial charge in [-0.25, -0.2) is 4.39 Å². The smallest absolute Gasteiger partial charge is 0.251 e. The molecule has 110 valence electrons. The summed E-state index contributed by atoms with van der Waals surface area (Å²) in [5, 5.41) is 2.76. The molecule has 0 aromatic heterocycles. The van der Waals surface area contributed by atoms with E-state index in [0.717, 1.165) is 5.56 Å². The number of amides is 1. The van der Waals surface area contributed by atoms with Crippen LogP contribution in [0.15, 0.2) is 42.5 Å². The molecule has 4 nitrogen and oxygen atoms in total. The van der Waals surface area contributed by atoms with Crippen LogP contribution in [-0.2, 0) is 6.54 Å². The molecule has 0 heterocycles. The topological polar surface area (TPSA) is 47.6 Å². The van der Waals surface area contributed by atoms with Crippen molar-refractivity contribution in [3.63, 3.8) is 0 Å². The summed E-state index contributed by atoms with van der Waals surface area (Å²) in [6.45, 7) is 0.323. The van der Waals surface area contributed by atoms with Crippen molar-refractivity contribution in [1.82, 2.24) is 5.32 Å². The number of benzene rings is 2. The van der Waals surface area contributed by atoms with Gasteiger partial charge in [-0.1, -0.05) is 0 Å². The Morgan fingerprint density at radius 2 is 1.62 bits per heavy atom. The van der Waals surface area contributed by atoms with E-state index in [4.69, 9.17) is 9.47 Å². The predicted molar refractivity (Wildman–Crippen MR) is 77.1 cm³/mol. The van der Waals surface area contributed by atoms with E-state index in [-0.39, 0.29) is 11.7 Å². The van der Waals surface area contributed by atoms with E-state index < -0.39 is 0 Å². The Kier molecular flexibility index (Phi) is 4.77. The van der Waals surface area contributed by atoms with Gasteiger partial charge in [0.05, 0.1) is 14.2 Å². The second kappa shape index (κ2) is 6.74. The number of nitrogens with one attached hydrogen (secondary N) is 1. The quantitative estimate of drug-likeness (QED) is 0.920. The summed E-state index contributed by atoms with van der Waals surface area (Å²) in [4.78, 5) is 11.9. The van der Waals surface area contributed by atoms with Crippen molar-refractivity contribution in [1.29, 1.82) is 0 Å². The lowest BCUT2D eigenvalue weighted by Gasteiger charge is -2.09. The van der Waals surface area contributed by atoms with Gasteiger partial charge in [-0.05, 0) is 42.0 Å². The lowest BCUT2D eigenvalue weighted by atomic mass is 10.1. The largest absolute Gasteiger partial charge is 0.497 e.